The number of ether oxygens (including phenoxy) is 2. The zero-order valence-electron chi connectivity index (χ0n) is 15.3. The molecule has 8 nitrogen and oxygen atoms in total. The number of aryl methyl sites for hydroxylation is 1. The number of halogens is 3. The largest absolute Gasteiger partial charge is 0.493 e. The number of nitrogens with one attached hydrogen (secondary N) is 2. The number of rotatable bonds is 8. The fourth-order valence-electron chi connectivity index (χ4n) is 2.25. The molecule has 0 spiro atoms. The molecule has 0 aliphatic carbocycles. The standard InChI is InChI=1S/C16H22F2N6O2.HI/c1-19-16(21-9-14-22-10-23-24(14)2)20-7-6-11-4-5-12(25-3)13(8-11)26-15(17)18;/h4-5,8,10,15H,6-7,9H2,1-3H3,(H2,19,20,21);1H. The summed E-state index contributed by atoms with van der Waals surface area (Å²) < 4.78 is 36.1. The summed E-state index contributed by atoms with van der Waals surface area (Å²) in [5.41, 5.74) is 0.831. The highest BCUT2D eigenvalue weighted by Crippen LogP contribution is 2.29. The molecule has 2 aromatic rings. The van der Waals surface area contributed by atoms with Gasteiger partial charge in [0.05, 0.1) is 13.7 Å². The number of aliphatic imine (C=N–C) groups is 1. The van der Waals surface area contributed by atoms with Gasteiger partial charge in [0, 0.05) is 20.6 Å². The number of nitrogens with zero attached hydrogens (tertiary/aromatic N) is 4. The van der Waals surface area contributed by atoms with Gasteiger partial charge in [0.15, 0.2) is 17.5 Å². The molecule has 0 saturated carbocycles. The summed E-state index contributed by atoms with van der Waals surface area (Å²) in [6, 6.07) is 4.95. The number of guanidine groups is 1. The number of benzene rings is 1. The van der Waals surface area contributed by atoms with Gasteiger partial charge < -0.3 is 20.1 Å². The third kappa shape index (κ3) is 7.15. The Hall–Kier alpha value is -2.18. The summed E-state index contributed by atoms with van der Waals surface area (Å²) in [6.07, 6.45) is 2.07. The van der Waals surface area contributed by atoms with Gasteiger partial charge in [0.2, 0.25) is 0 Å². The minimum absolute atomic E-state index is 0. The minimum atomic E-state index is -2.90. The molecule has 0 atom stereocenters. The van der Waals surface area contributed by atoms with E-state index in [9.17, 15) is 8.78 Å². The molecule has 1 aromatic carbocycles. The Balaban J connectivity index is 0.00000364. The van der Waals surface area contributed by atoms with Crippen molar-refractivity contribution in [1.82, 2.24) is 25.4 Å². The maximum absolute atomic E-state index is 12.5. The van der Waals surface area contributed by atoms with Crippen molar-refractivity contribution in [3.8, 4) is 11.5 Å². The third-order valence-corrected chi connectivity index (χ3v) is 3.59. The first-order valence-corrected chi connectivity index (χ1v) is 7.92. The summed E-state index contributed by atoms with van der Waals surface area (Å²) in [4.78, 5) is 8.24. The van der Waals surface area contributed by atoms with E-state index in [-0.39, 0.29) is 35.5 Å². The van der Waals surface area contributed by atoms with E-state index >= 15 is 0 Å². The van der Waals surface area contributed by atoms with E-state index in [0.29, 0.717) is 25.5 Å². The molecule has 0 amide bonds. The van der Waals surface area contributed by atoms with Crippen molar-refractivity contribution < 1.29 is 18.3 Å². The monoisotopic (exact) mass is 496 g/mol. The second-order valence-electron chi connectivity index (χ2n) is 5.27. The SMILES string of the molecule is CN=C(NCCc1ccc(OC)c(OC(F)F)c1)NCc1ncnn1C.I. The Morgan fingerprint density at radius 3 is 2.67 bits per heavy atom. The number of methoxy groups -OCH3 is 1. The molecule has 0 saturated heterocycles. The van der Waals surface area contributed by atoms with Crippen LogP contribution < -0.4 is 20.1 Å². The van der Waals surface area contributed by atoms with E-state index in [4.69, 9.17) is 4.74 Å². The molecule has 0 aliphatic heterocycles. The van der Waals surface area contributed by atoms with Crippen LogP contribution in [-0.4, -0.2) is 48.0 Å². The van der Waals surface area contributed by atoms with Gasteiger partial charge in [-0.2, -0.15) is 13.9 Å². The Labute approximate surface area is 173 Å². The minimum Gasteiger partial charge on any atom is -0.493 e. The molecule has 1 aromatic heterocycles. The predicted molar refractivity (Wildman–Crippen MR) is 108 cm³/mol. The van der Waals surface area contributed by atoms with Crippen molar-refractivity contribution in [3.63, 3.8) is 0 Å². The van der Waals surface area contributed by atoms with Crippen LogP contribution in [0, 0.1) is 0 Å². The summed E-state index contributed by atoms with van der Waals surface area (Å²) in [5.74, 6) is 1.66. The van der Waals surface area contributed by atoms with E-state index in [1.165, 1.54) is 13.4 Å². The van der Waals surface area contributed by atoms with E-state index in [1.807, 2.05) is 7.05 Å². The van der Waals surface area contributed by atoms with Gasteiger partial charge in [-0.25, -0.2) is 4.98 Å². The average Bonchev–Trinajstić information content (AvgIpc) is 3.02. The second-order valence-corrected chi connectivity index (χ2v) is 5.27. The number of alkyl halides is 2. The fraction of sp³-hybridized carbons (Fsp3) is 0.438. The Morgan fingerprint density at radius 1 is 1.30 bits per heavy atom. The summed E-state index contributed by atoms with van der Waals surface area (Å²) in [6.45, 7) is -1.87. The lowest BCUT2D eigenvalue weighted by Crippen LogP contribution is -2.38. The Kier molecular flexibility index (Phi) is 9.75. The summed E-state index contributed by atoms with van der Waals surface area (Å²) in [5, 5.41) is 10.3. The Bertz CT molecular complexity index is 741. The quantitative estimate of drug-likeness (QED) is 0.330. The van der Waals surface area contributed by atoms with Gasteiger partial charge in [0.1, 0.15) is 12.2 Å². The molecule has 11 heteroatoms. The van der Waals surface area contributed by atoms with E-state index in [1.54, 1.807) is 29.9 Å². The van der Waals surface area contributed by atoms with E-state index in [2.05, 4.69) is 30.4 Å². The van der Waals surface area contributed by atoms with Gasteiger partial charge in [-0.15, -0.1) is 24.0 Å². The number of hydrogen-bond acceptors (Lipinski definition) is 5. The van der Waals surface area contributed by atoms with Crippen LogP contribution in [0.25, 0.3) is 0 Å². The lowest BCUT2D eigenvalue weighted by atomic mass is 10.1. The topological polar surface area (TPSA) is 85.6 Å². The van der Waals surface area contributed by atoms with Crippen molar-refractivity contribution in [3.05, 3.63) is 35.9 Å². The molecule has 1 heterocycles. The first-order chi connectivity index (χ1) is 12.5. The zero-order chi connectivity index (χ0) is 18.9. The molecule has 0 radical (unpaired) electrons. The first-order valence-electron chi connectivity index (χ1n) is 7.92. The molecule has 0 bridgehead atoms. The number of aromatic nitrogens is 3. The van der Waals surface area contributed by atoms with Crippen LogP contribution >= 0.6 is 24.0 Å². The van der Waals surface area contributed by atoms with Gasteiger partial charge >= 0.3 is 6.61 Å². The maximum atomic E-state index is 12.5. The highest BCUT2D eigenvalue weighted by Gasteiger charge is 2.11. The summed E-state index contributed by atoms with van der Waals surface area (Å²) >= 11 is 0. The molecule has 2 N–H and O–H groups in total. The fourth-order valence-corrected chi connectivity index (χ4v) is 2.25. The van der Waals surface area contributed by atoms with Gasteiger partial charge in [-0.3, -0.25) is 9.67 Å². The van der Waals surface area contributed by atoms with Crippen molar-refractivity contribution in [2.45, 2.75) is 19.6 Å². The second kappa shape index (κ2) is 11.5. The van der Waals surface area contributed by atoms with Crippen LogP contribution in [0.4, 0.5) is 8.78 Å². The van der Waals surface area contributed by atoms with Crippen LogP contribution in [-0.2, 0) is 20.0 Å². The van der Waals surface area contributed by atoms with Crippen molar-refractivity contribution in [2.24, 2.45) is 12.0 Å². The third-order valence-electron chi connectivity index (χ3n) is 3.59. The Morgan fingerprint density at radius 2 is 2.07 bits per heavy atom. The molecule has 150 valence electrons. The average molecular weight is 496 g/mol. The summed E-state index contributed by atoms with van der Waals surface area (Å²) in [7, 11) is 4.87. The van der Waals surface area contributed by atoms with Crippen LogP contribution in [0.2, 0.25) is 0 Å². The van der Waals surface area contributed by atoms with E-state index < -0.39 is 6.61 Å². The van der Waals surface area contributed by atoms with Crippen molar-refractivity contribution in [2.75, 3.05) is 20.7 Å². The highest BCUT2D eigenvalue weighted by atomic mass is 127. The molecule has 0 aliphatic rings. The van der Waals surface area contributed by atoms with Crippen LogP contribution in [0.5, 0.6) is 11.5 Å². The van der Waals surface area contributed by atoms with Crippen LogP contribution in [0.1, 0.15) is 11.4 Å². The molecule has 0 unspecified atom stereocenters. The van der Waals surface area contributed by atoms with Gasteiger partial charge in [0.25, 0.3) is 0 Å². The molecule has 0 fully saturated rings. The van der Waals surface area contributed by atoms with Gasteiger partial charge in [-0.1, -0.05) is 6.07 Å². The van der Waals surface area contributed by atoms with Crippen LogP contribution in [0.15, 0.2) is 29.5 Å². The van der Waals surface area contributed by atoms with Crippen molar-refractivity contribution in [1.29, 1.82) is 0 Å². The van der Waals surface area contributed by atoms with Gasteiger partial charge in [-0.05, 0) is 24.1 Å². The maximum Gasteiger partial charge on any atom is 0.387 e. The smallest absolute Gasteiger partial charge is 0.387 e. The lowest BCUT2D eigenvalue weighted by Gasteiger charge is -2.13. The first kappa shape index (κ1) is 22.9. The number of hydrogen-bond donors (Lipinski definition) is 2. The molecular weight excluding hydrogens is 473 g/mol. The molecule has 27 heavy (non-hydrogen) atoms. The highest BCUT2D eigenvalue weighted by molar-refractivity contribution is 14.0. The molecular formula is C16H23F2IN6O2. The van der Waals surface area contributed by atoms with Crippen molar-refractivity contribution >= 4 is 29.9 Å². The predicted octanol–water partition coefficient (Wildman–Crippen LogP) is 1.95. The normalized spacial score (nSPS) is 11.1. The zero-order valence-corrected chi connectivity index (χ0v) is 17.6. The lowest BCUT2D eigenvalue weighted by molar-refractivity contribution is -0.0512. The van der Waals surface area contributed by atoms with Crippen LogP contribution in [0.3, 0.4) is 0 Å². The van der Waals surface area contributed by atoms with E-state index in [0.717, 1.165) is 11.4 Å². The molecule has 2 rings (SSSR count).